The van der Waals surface area contributed by atoms with E-state index in [-0.39, 0.29) is 11.5 Å². The van der Waals surface area contributed by atoms with Gasteiger partial charge in [0.1, 0.15) is 17.2 Å². The Morgan fingerprint density at radius 1 is 0.824 bits per heavy atom. The van der Waals surface area contributed by atoms with Crippen LogP contribution in [0.15, 0.2) is 48.5 Å². The van der Waals surface area contributed by atoms with E-state index in [4.69, 9.17) is 10.2 Å². The van der Waals surface area contributed by atoms with Crippen LogP contribution in [-0.2, 0) is 0 Å². The first-order valence-corrected chi connectivity index (χ1v) is 4.97. The average molecular weight is 231 g/mol. The Labute approximate surface area is 97.5 Å². The molecule has 0 aromatic heterocycles. The number of phenolic OH excluding ortho intramolecular Hbond substituents is 2. The number of nitroso groups, excluding NO2 is 1. The highest BCUT2D eigenvalue weighted by Gasteiger charge is 2.13. The number of hydrazine groups is 1. The maximum Gasteiger partial charge on any atom is 0.292 e. The first kappa shape index (κ1) is 10.9. The van der Waals surface area contributed by atoms with Gasteiger partial charge in [-0.25, -0.2) is 0 Å². The summed E-state index contributed by atoms with van der Waals surface area (Å²) in [5.74, 6) is 0.240. The summed E-state index contributed by atoms with van der Waals surface area (Å²) in [7, 11) is 0. The van der Waals surface area contributed by atoms with Gasteiger partial charge in [-0.1, -0.05) is 0 Å². The zero-order chi connectivity index (χ0) is 12.3. The number of anilines is 1. The highest BCUT2D eigenvalue weighted by atomic mass is 16.3. The first-order chi connectivity index (χ1) is 8.15. The quantitative estimate of drug-likeness (QED) is 0.431. The zero-order valence-electron chi connectivity index (χ0n) is 8.87. The molecule has 0 radical (unpaired) electrons. The van der Waals surface area contributed by atoms with Gasteiger partial charge in [0.25, 0.3) is 5.69 Å². The molecule has 0 unspecified atom stereocenters. The van der Waals surface area contributed by atoms with Crippen LogP contribution in [0.1, 0.15) is 0 Å². The molecule has 5 heteroatoms. The molecule has 2 aromatic carbocycles. The third-order valence-corrected chi connectivity index (χ3v) is 2.18. The molecule has 0 aliphatic carbocycles. The molecule has 3 N–H and O–H groups in total. The summed E-state index contributed by atoms with van der Waals surface area (Å²) < 4.78 is 0. The number of aromatic hydroxyl groups is 2. The number of nitrogens with zero attached hydrogens (tertiary/aromatic N) is 1. The van der Waals surface area contributed by atoms with E-state index in [0.29, 0.717) is 16.2 Å². The van der Waals surface area contributed by atoms with Gasteiger partial charge in [-0.3, -0.25) is 0 Å². The summed E-state index contributed by atoms with van der Waals surface area (Å²) in [4.78, 5) is 12.2. The van der Waals surface area contributed by atoms with Gasteiger partial charge < -0.3 is 10.2 Å². The lowest BCUT2D eigenvalue weighted by Crippen LogP contribution is -2.09. The normalized spacial score (nSPS) is 9.88. The molecule has 2 aromatic rings. The molecule has 0 saturated heterocycles. The maximum absolute atomic E-state index is 11.7. The molecule has 0 bridgehead atoms. The smallest absolute Gasteiger partial charge is 0.292 e. The van der Waals surface area contributed by atoms with Crippen molar-refractivity contribution < 1.29 is 15.1 Å². The van der Waals surface area contributed by atoms with Gasteiger partial charge in [-0.15, -0.1) is 5.43 Å². The molecule has 0 atom stereocenters. The fourth-order valence-corrected chi connectivity index (χ4v) is 1.31. The Bertz CT molecular complexity index is 520. The molecule has 0 saturated carbocycles. The Balaban J connectivity index is 2.11. The summed E-state index contributed by atoms with van der Waals surface area (Å²) in [5.41, 5.74) is 3.52. The topological polar surface area (TPSA) is 72.6 Å². The van der Waals surface area contributed by atoms with Crippen LogP contribution in [0.3, 0.4) is 0 Å². The molecule has 0 aliphatic heterocycles. The summed E-state index contributed by atoms with van der Waals surface area (Å²) in [6.45, 7) is 0. The van der Waals surface area contributed by atoms with Gasteiger partial charge in [0.05, 0.1) is 4.91 Å². The Morgan fingerprint density at radius 3 is 1.82 bits per heavy atom. The third kappa shape index (κ3) is 2.72. The number of benzene rings is 2. The number of hydrogen-bond donors (Lipinski definition) is 3. The van der Waals surface area contributed by atoms with E-state index in [1.807, 2.05) is 0 Å². The summed E-state index contributed by atoms with van der Waals surface area (Å²) in [6.07, 6.45) is 0. The van der Waals surface area contributed by atoms with E-state index in [9.17, 15) is 4.91 Å². The standard InChI is InChI=1S/C12H10N2O3/c15-11-5-1-9(2-6-11)13-14(17)10-3-7-12(16)8-4-10/h1-8H,(H2-,13,15,16,17)/p+1. The van der Waals surface area contributed by atoms with E-state index >= 15 is 0 Å². The maximum atomic E-state index is 11.7. The summed E-state index contributed by atoms with van der Waals surface area (Å²) in [5, 5.41) is 18.2. The van der Waals surface area contributed by atoms with Gasteiger partial charge in [-0.05, 0) is 36.4 Å². The number of rotatable bonds is 3. The van der Waals surface area contributed by atoms with Gasteiger partial charge >= 0.3 is 0 Å². The van der Waals surface area contributed by atoms with E-state index in [1.165, 1.54) is 36.4 Å². The molecule has 0 aliphatic rings. The minimum Gasteiger partial charge on any atom is -0.508 e. The lowest BCUT2D eigenvalue weighted by atomic mass is 10.3. The molecule has 0 spiro atoms. The molecule has 5 nitrogen and oxygen atoms in total. The second-order valence-corrected chi connectivity index (χ2v) is 3.47. The van der Waals surface area contributed by atoms with E-state index in [0.717, 1.165) is 0 Å². The van der Waals surface area contributed by atoms with Crippen LogP contribution in [0, 0.1) is 4.91 Å². The molecule has 0 fully saturated rings. The van der Waals surface area contributed by atoms with Crippen LogP contribution < -0.4 is 5.43 Å². The zero-order valence-corrected chi connectivity index (χ0v) is 8.87. The van der Waals surface area contributed by atoms with Crippen molar-refractivity contribution in [1.29, 1.82) is 0 Å². The largest absolute Gasteiger partial charge is 0.508 e. The van der Waals surface area contributed by atoms with Gasteiger partial charge in [0, 0.05) is 12.1 Å². The highest BCUT2D eigenvalue weighted by Crippen LogP contribution is 2.19. The van der Waals surface area contributed by atoms with Gasteiger partial charge in [0.2, 0.25) is 0 Å². The Morgan fingerprint density at radius 2 is 1.29 bits per heavy atom. The van der Waals surface area contributed by atoms with Crippen molar-refractivity contribution >= 4 is 11.4 Å². The second kappa shape index (κ2) is 4.52. The molecule has 2 rings (SSSR count). The molecule has 17 heavy (non-hydrogen) atoms. The minimum atomic E-state index is 0.104. The van der Waals surface area contributed by atoms with Crippen molar-refractivity contribution in [1.82, 2.24) is 0 Å². The molecular formula is C12H11N2O3+. The van der Waals surface area contributed by atoms with Crippen molar-refractivity contribution in [3.63, 3.8) is 0 Å². The predicted octanol–water partition coefficient (Wildman–Crippen LogP) is 2.54. The van der Waals surface area contributed by atoms with Gasteiger partial charge in [-0.2, -0.15) is 0 Å². The van der Waals surface area contributed by atoms with E-state index in [1.54, 1.807) is 12.1 Å². The first-order valence-electron chi connectivity index (χ1n) is 4.97. The average Bonchev–Trinajstić information content (AvgIpc) is 2.33. The van der Waals surface area contributed by atoms with Crippen molar-refractivity contribution in [2.75, 3.05) is 5.43 Å². The SMILES string of the molecule is O=[N+](Nc1ccc(O)cc1)c1ccc(O)cc1. The fourth-order valence-electron chi connectivity index (χ4n) is 1.31. The fraction of sp³-hybridized carbons (Fsp3) is 0. The van der Waals surface area contributed by atoms with Gasteiger partial charge in [0.15, 0.2) is 4.87 Å². The van der Waals surface area contributed by atoms with Crippen LogP contribution in [0.5, 0.6) is 11.5 Å². The molecular weight excluding hydrogens is 220 g/mol. The van der Waals surface area contributed by atoms with Crippen molar-refractivity contribution in [3.8, 4) is 11.5 Å². The lowest BCUT2D eigenvalue weighted by molar-refractivity contribution is -0.427. The van der Waals surface area contributed by atoms with Crippen LogP contribution in [0.2, 0.25) is 0 Å². The number of phenols is 2. The second-order valence-electron chi connectivity index (χ2n) is 3.47. The predicted molar refractivity (Wildman–Crippen MR) is 63.1 cm³/mol. The Hall–Kier alpha value is -2.56. The summed E-state index contributed by atoms with van der Waals surface area (Å²) >= 11 is 0. The van der Waals surface area contributed by atoms with Crippen molar-refractivity contribution in [3.05, 3.63) is 53.4 Å². The highest BCUT2D eigenvalue weighted by molar-refractivity contribution is 5.45. The minimum absolute atomic E-state index is 0.104. The van der Waals surface area contributed by atoms with Crippen LogP contribution >= 0.6 is 0 Å². The molecule has 0 heterocycles. The molecule has 0 amide bonds. The third-order valence-electron chi connectivity index (χ3n) is 2.18. The summed E-state index contributed by atoms with van der Waals surface area (Å²) in [6, 6.07) is 12.0. The number of hydrogen-bond acceptors (Lipinski definition) is 3. The van der Waals surface area contributed by atoms with E-state index < -0.39 is 0 Å². The number of nitrogens with one attached hydrogen (secondary N) is 1. The molecule has 86 valence electrons. The van der Waals surface area contributed by atoms with Crippen LogP contribution in [0.25, 0.3) is 0 Å². The van der Waals surface area contributed by atoms with Crippen molar-refractivity contribution in [2.45, 2.75) is 0 Å². The van der Waals surface area contributed by atoms with Crippen LogP contribution in [-0.4, -0.2) is 15.1 Å². The Kier molecular flexibility index (Phi) is 2.91. The van der Waals surface area contributed by atoms with Crippen molar-refractivity contribution in [2.24, 2.45) is 0 Å². The lowest BCUT2D eigenvalue weighted by Gasteiger charge is -1.97. The van der Waals surface area contributed by atoms with E-state index in [2.05, 4.69) is 5.43 Å². The van der Waals surface area contributed by atoms with Crippen LogP contribution in [0.4, 0.5) is 11.4 Å². The monoisotopic (exact) mass is 231 g/mol.